The number of nitrogens with one attached hydrogen (secondary N) is 2. The van der Waals surface area contributed by atoms with Crippen molar-refractivity contribution >= 4 is 132 Å². The van der Waals surface area contributed by atoms with Crippen molar-refractivity contribution < 1.29 is 38.7 Å². The van der Waals surface area contributed by atoms with E-state index >= 15 is 0 Å². The Hall–Kier alpha value is -9.74. The van der Waals surface area contributed by atoms with Gasteiger partial charge in [-0.1, -0.05) is 23.2 Å². The molecule has 0 bridgehead atoms. The number of halogens is 2. The molecule has 0 spiro atoms. The molecule has 0 aromatic heterocycles. The van der Waals surface area contributed by atoms with Crippen LogP contribution in [0.5, 0.6) is 17.2 Å². The van der Waals surface area contributed by atoms with Gasteiger partial charge in [-0.3, -0.25) is 15.0 Å². The maximum atomic E-state index is 11.4. The third-order valence-electron chi connectivity index (χ3n) is 14.1. The minimum absolute atomic E-state index is 0.0974. The molecule has 22 nitrogen and oxygen atoms in total. The summed E-state index contributed by atoms with van der Waals surface area (Å²) in [6.45, 7) is 21.9. The summed E-state index contributed by atoms with van der Waals surface area (Å²) in [6, 6.07) is 18.9. The third-order valence-corrected chi connectivity index (χ3v) is 14.7. The first kappa shape index (κ1) is 74.0. The summed E-state index contributed by atoms with van der Waals surface area (Å²) < 4.78 is 21.9. The maximum Gasteiger partial charge on any atom is 0.180 e. The molecule has 24 heteroatoms. The maximum absolute atomic E-state index is 11.4. The predicted molar refractivity (Wildman–Crippen MR) is 385 cm³/mol. The zero-order valence-corrected chi connectivity index (χ0v) is 56.1. The minimum atomic E-state index is -0.149. The van der Waals surface area contributed by atoms with Crippen LogP contribution in [0.15, 0.2) is 174 Å². The molecule has 4 aromatic rings. The number of hydrogen-bond acceptors (Lipinski definition) is 22. The van der Waals surface area contributed by atoms with Gasteiger partial charge < -0.3 is 77.9 Å². The van der Waals surface area contributed by atoms with Gasteiger partial charge in [-0.25, -0.2) is 20.0 Å². The van der Waals surface area contributed by atoms with Gasteiger partial charge in [0.05, 0.1) is 133 Å². The number of ketones is 2. The monoisotopic (exact) mass is 1310 g/mol. The van der Waals surface area contributed by atoms with E-state index in [0.29, 0.717) is 121 Å². The average Bonchev–Trinajstić information content (AvgIpc) is 1.89. The number of benzene rings is 4. The van der Waals surface area contributed by atoms with Crippen molar-refractivity contribution in [3.63, 3.8) is 0 Å². The molecule has 8 rings (SSSR count). The van der Waals surface area contributed by atoms with Crippen LogP contribution in [0.1, 0.15) is 62.3 Å². The molecule has 0 saturated carbocycles. The lowest BCUT2D eigenvalue weighted by molar-refractivity contribution is -0.111. The van der Waals surface area contributed by atoms with Crippen molar-refractivity contribution in [1.82, 2.24) is 0 Å². The van der Waals surface area contributed by atoms with Crippen molar-refractivity contribution in [2.45, 2.75) is 68.4 Å². The number of rotatable bonds is 21. The van der Waals surface area contributed by atoms with Gasteiger partial charge in [0.25, 0.3) is 0 Å². The molecule has 0 heterocycles. The first-order valence-electron chi connectivity index (χ1n) is 30.2. The molecular weight excluding hydrogens is 1220 g/mol. The Balaban J connectivity index is 0.000000225. The highest BCUT2D eigenvalue weighted by molar-refractivity contribution is 6.51. The number of nitrogens with zero attached hydrogens (tertiary/aromatic N) is 7. The SMILES string of the molecule is CC1=C(C)C(=Nc2cc(OCCO)c(N)cc2N)C=CC1=N.CCN(c1ccc(N=C2C=C(OCCO)C(N)=CC2=N)cc1)C(C)C.CCOc1cc(N=C2C=CC(=O)C=C2Cl)c(N(C)C)cc1N.CCOc1cc(N=C2C=CC(=O)C=C2Cl)c(N(CC)CC)cc1N. The zero-order chi connectivity index (χ0) is 68.6. The smallest absolute Gasteiger partial charge is 0.180 e. The fourth-order valence-corrected chi connectivity index (χ4v) is 9.61. The van der Waals surface area contributed by atoms with E-state index in [1.54, 1.807) is 54.6 Å². The number of allylic oxidation sites excluding steroid dienone is 14. The minimum Gasteiger partial charge on any atom is -0.492 e. The molecule has 494 valence electrons. The Kier molecular flexibility index (Phi) is 28.4. The third kappa shape index (κ3) is 20.9. The lowest BCUT2D eigenvalue weighted by Gasteiger charge is -2.27. The molecule has 0 unspecified atom stereocenters. The van der Waals surface area contributed by atoms with Crippen molar-refractivity contribution in [3.05, 3.63) is 154 Å². The van der Waals surface area contributed by atoms with E-state index in [2.05, 4.69) is 64.4 Å². The second-order valence-electron chi connectivity index (χ2n) is 21.1. The summed E-state index contributed by atoms with van der Waals surface area (Å²) in [6.07, 6.45) is 15.4. The summed E-state index contributed by atoms with van der Waals surface area (Å²) in [5, 5.41) is 34.2. The largest absolute Gasteiger partial charge is 0.492 e. The normalized spacial score (nSPS) is 16.0. The van der Waals surface area contributed by atoms with E-state index in [1.165, 1.54) is 30.4 Å². The Morgan fingerprint density at radius 3 is 1.51 bits per heavy atom. The molecular formula is C69H86Cl2N14O8. The van der Waals surface area contributed by atoms with Crippen LogP contribution in [0.25, 0.3) is 0 Å². The number of aliphatic hydroxyl groups excluding tert-OH is 2. The molecule has 0 fully saturated rings. The van der Waals surface area contributed by atoms with Crippen LogP contribution in [-0.4, -0.2) is 135 Å². The Morgan fingerprint density at radius 1 is 0.527 bits per heavy atom. The second kappa shape index (κ2) is 35.8. The number of nitrogens with two attached hydrogens (primary N) is 5. The number of hydrogen-bond donors (Lipinski definition) is 9. The molecule has 0 aliphatic heterocycles. The summed E-state index contributed by atoms with van der Waals surface area (Å²) in [5.41, 5.74) is 42.5. The molecule has 0 saturated heterocycles. The van der Waals surface area contributed by atoms with Gasteiger partial charge in [-0.05, 0) is 158 Å². The Bertz CT molecular complexity index is 3790. The molecule has 93 heavy (non-hydrogen) atoms. The van der Waals surface area contributed by atoms with Gasteiger partial charge >= 0.3 is 0 Å². The van der Waals surface area contributed by atoms with E-state index in [-0.39, 0.29) is 43.7 Å². The van der Waals surface area contributed by atoms with E-state index in [0.717, 1.165) is 59.2 Å². The molecule has 4 aliphatic carbocycles. The van der Waals surface area contributed by atoms with Crippen LogP contribution in [0.3, 0.4) is 0 Å². The van der Waals surface area contributed by atoms with Crippen LogP contribution in [0.4, 0.5) is 62.6 Å². The first-order valence-corrected chi connectivity index (χ1v) is 30.9. The van der Waals surface area contributed by atoms with Gasteiger partial charge in [0.15, 0.2) is 11.6 Å². The van der Waals surface area contributed by atoms with Gasteiger partial charge in [-0.2, -0.15) is 0 Å². The molecule has 4 aromatic carbocycles. The fourth-order valence-electron chi connectivity index (χ4n) is 9.18. The molecule has 0 amide bonds. The highest BCUT2D eigenvalue weighted by Gasteiger charge is 2.20. The number of carbonyl (C=O) groups is 2. The van der Waals surface area contributed by atoms with E-state index < -0.39 is 0 Å². The predicted octanol–water partition coefficient (Wildman–Crippen LogP) is 11.9. The molecule has 0 atom stereocenters. The quantitative estimate of drug-likeness (QED) is 0.0213. The Labute approximate surface area is 554 Å². The van der Waals surface area contributed by atoms with Crippen molar-refractivity contribution in [1.29, 1.82) is 10.8 Å². The number of aliphatic imine (C=N–C) groups is 4. The van der Waals surface area contributed by atoms with Crippen molar-refractivity contribution in [2.24, 2.45) is 25.7 Å². The topological polar surface area (TPSA) is 348 Å². The van der Waals surface area contributed by atoms with Crippen molar-refractivity contribution in [3.8, 4) is 17.2 Å². The van der Waals surface area contributed by atoms with Crippen LogP contribution in [0, 0.1) is 10.8 Å². The first-order chi connectivity index (χ1) is 44.3. The van der Waals surface area contributed by atoms with Gasteiger partial charge in [0, 0.05) is 81.9 Å². The molecule has 0 radical (unpaired) electrons. The van der Waals surface area contributed by atoms with Crippen LogP contribution >= 0.6 is 23.2 Å². The highest BCUT2D eigenvalue weighted by Crippen LogP contribution is 2.40. The van der Waals surface area contributed by atoms with E-state index in [1.807, 2.05) is 83.1 Å². The average molecular weight is 1310 g/mol. The number of ether oxygens (including phenoxy) is 4. The van der Waals surface area contributed by atoms with Crippen LogP contribution < -0.4 is 57.6 Å². The molecule has 4 aliphatic rings. The number of carbonyl (C=O) groups excluding carboxylic acids is 2. The summed E-state index contributed by atoms with van der Waals surface area (Å²) >= 11 is 12.2. The van der Waals surface area contributed by atoms with Gasteiger partial charge in [-0.15, -0.1) is 0 Å². The van der Waals surface area contributed by atoms with Gasteiger partial charge in [0.2, 0.25) is 0 Å². The Morgan fingerprint density at radius 2 is 1.01 bits per heavy atom. The standard InChI is InChI=1S/C19H26N4O2.C18H22ClN3O2.C16H18ClN3O2.C16H20N4O2/c1-4-23(13(2)3)15-7-5-14(6-8-15)22-18-12-19(25-10-9-24)17(21)11-16(18)20;1-4-22(5-2)17-10-14(20)18(24-6-3)11-16(17)21-15-8-7-12(23)9-13(15)19;1-4-22-16-9-14(15(20(2)3)8-12(16)18)19-13-6-5-10(21)7-11(13)17;1-9-10(2)14(4-3-11(9)17)20-15-8-16(22-6-5-21)13(19)7-12(15)18/h5-8,11-13,20,24H,4,9-10,21H2,1-3H3;7-11H,4-6,20H2,1-3H3;5-9H,4,18H2,1-3H3;3-4,7-8,17,21H,5-6,18-19H2,1-2H3. The zero-order valence-electron chi connectivity index (χ0n) is 54.6. The van der Waals surface area contributed by atoms with E-state index in [4.69, 9.17) is 91.8 Å². The van der Waals surface area contributed by atoms with Crippen molar-refractivity contribution in [2.75, 3.05) is 111 Å². The van der Waals surface area contributed by atoms with Crippen LogP contribution in [-0.2, 0) is 14.3 Å². The van der Waals surface area contributed by atoms with E-state index in [9.17, 15) is 9.59 Å². The lowest BCUT2D eigenvalue weighted by atomic mass is 9.96. The number of anilines is 7. The number of nitrogen functional groups attached to an aromatic ring is 4. The van der Waals surface area contributed by atoms with Gasteiger partial charge in [0.1, 0.15) is 36.2 Å². The number of aliphatic hydroxyl groups is 2. The summed E-state index contributed by atoms with van der Waals surface area (Å²) in [5.74, 6) is 1.73. The second-order valence-corrected chi connectivity index (χ2v) is 22.0. The lowest BCUT2D eigenvalue weighted by Crippen LogP contribution is -2.30. The summed E-state index contributed by atoms with van der Waals surface area (Å²) in [4.78, 5) is 47.2. The fraction of sp³-hybridized carbons (Fsp3) is 0.304. The highest BCUT2D eigenvalue weighted by atomic mass is 35.5. The van der Waals surface area contributed by atoms with Crippen LogP contribution in [0.2, 0.25) is 0 Å². The molecule has 14 N–H and O–H groups in total. The summed E-state index contributed by atoms with van der Waals surface area (Å²) in [7, 11) is 3.80.